The lowest BCUT2D eigenvalue weighted by molar-refractivity contribution is -0.137. The number of hydrogen-bond donors (Lipinski definition) is 3. The fourth-order valence-corrected chi connectivity index (χ4v) is 3.08. The van der Waals surface area contributed by atoms with E-state index in [1.807, 2.05) is 0 Å². The molecule has 1 amide bonds. The van der Waals surface area contributed by atoms with Gasteiger partial charge in [0.2, 0.25) is 11.5 Å². The average molecular weight is 439 g/mol. The number of likely N-dealkylation sites (tertiary alicyclic amines) is 1. The number of amides is 1. The van der Waals surface area contributed by atoms with Crippen LogP contribution in [0.5, 0.6) is 5.88 Å². The molecule has 0 radical (unpaired) electrons. The number of aliphatic hydroxyl groups is 1. The lowest BCUT2D eigenvalue weighted by Gasteiger charge is -2.13. The van der Waals surface area contributed by atoms with Gasteiger partial charge in [-0.1, -0.05) is 24.0 Å². The third-order valence-electron chi connectivity index (χ3n) is 4.78. The van der Waals surface area contributed by atoms with Crippen molar-refractivity contribution in [3.05, 3.63) is 35.5 Å². The Kier molecular flexibility index (Phi) is 6.92. The van der Waals surface area contributed by atoms with Gasteiger partial charge < -0.3 is 30.9 Å². The van der Waals surface area contributed by atoms with Crippen molar-refractivity contribution in [1.29, 1.82) is 0 Å². The quantitative estimate of drug-likeness (QED) is 0.422. The van der Waals surface area contributed by atoms with Gasteiger partial charge in [-0.15, -0.1) is 0 Å². The number of benzene rings is 1. The van der Waals surface area contributed by atoms with Crippen LogP contribution in [0.1, 0.15) is 29.4 Å². The molecule has 10 nitrogen and oxygen atoms in total. The zero-order chi connectivity index (χ0) is 23.3. The summed E-state index contributed by atoms with van der Waals surface area (Å²) in [6.45, 7) is 2.64. The fourth-order valence-electron chi connectivity index (χ4n) is 3.08. The van der Waals surface area contributed by atoms with Crippen LogP contribution >= 0.6 is 0 Å². The molecule has 1 aromatic carbocycles. The molecule has 1 fully saturated rings. The van der Waals surface area contributed by atoms with Crippen molar-refractivity contribution in [1.82, 2.24) is 14.9 Å². The van der Waals surface area contributed by atoms with E-state index in [1.54, 1.807) is 38.2 Å². The van der Waals surface area contributed by atoms with Gasteiger partial charge in [0.1, 0.15) is 12.3 Å². The number of carbonyl (C=O) groups is 2. The Morgan fingerprint density at radius 1 is 1.38 bits per heavy atom. The van der Waals surface area contributed by atoms with Crippen LogP contribution in [-0.2, 0) is 9.53 Å². The highest BCUT2D eigenvalue weighted by Gasteiger charge is 2.42. The number of carbonyl (C=O) groups excluding carboxylic acids is 2. The third-order valence-corrected chi connectivity index (χ3v) is 4.78. The lowest BCUT2D eigenvalue weighted by atomic mass is 10.0. The summed E-state index contributed by atoms with van der Waals surface area (Å²) in [4.78, 5) is 34.5. The van der Waals surface area contributed by atoms with Crippen LogP contribution in [0, 0.1) is 11.8 Å². The van der Waals surface area contributed by atoms with Crippen LogP contribution < -0.4 is 16.2 Å². The van der Waals surface area contributed by atoms with Gasteiger partial charge in [-0.2, -0.15) is 4.98 Å². The van der Waals surface area contributed by atoms with Gasteiger partial charge in [0.25, 0.3) is 5.91 Å². The number of ether oxygens (including phenoxy) is 2. The highest BCUT2D eigenvalue weighted by atomic mass is 16.5. The number of nitrogens with zero attached hydrogens (tertiary/aromatic N) is 3. The third kappa shape index (κ3) is 4.80. The predicted octanol–water partition coefficient (Wildman–Crippen LogP) is 0.185. The summed E-state index contributed by atoms with van der Waals surface area (Å²) < 4.78 is 10.5. The highest BCUT2D eigenvalue weighted by molar-refractivity contribution is 5.94. The molecule has 10 heteroatoms. The molecule has 1 saturated heterocycles. The van der Waals surface area contributed by atoms with Crippen molar-refractivity contribution in [2.24, 2.45) is 5.73 Å². The van der Waals surface area contributed by atoms with Gasteiger partial charge in [0.15, 0.2) is 11.5 Å². The molecule has 0 aliphatic carbocycles. The smallest absolute Gasteiger partial charge is 0.359 e. The summed E-state index contributed by atoms with van der Waals surface area (Å²) in [5.74, 6) is 4.58. The minimum absolute atomic E-state index is 0.0221. The second kappa shape index (κ2) is 9.64. The Morgan fingerprint density at radius 3 is 2.81 bits per heavy atom. The van der Waals surface area contributed by atoms with Gasteiger partial charge in [-0.05, 0) is 19.1 Å². The lowest BCUT2D eigenvalue weighted by Crippen LogP contribution is -2.37. The molecule has 2 heterocycles. The fraction of sp³-hybridized carbons (Fsp3) is 0.364. The van der Waals surface area contributed by atoms with Crippen LogP contribution in [0.2, 0.25) is 0 Å². The molecular formula is C22H25N5O5. The molecule has 1 aliphatic heterocycles. The number of esters is 1. The van der Waals surface area contributed by atoms with Crippen molar-refractivity contribution in [3.8, 4) is 29.1 Å². The molecular weight excluding hydrogens is 414 g/mol. The van der Waals surface area contributed by atoms with Gasteiger partial charge in [0.05, 0.1) is 6.61 Å². The number of hydrogen-bond acceptors (Lipinski definition) is 9. The van der Waals surface area contributed by atoms with E-state index in [0.29, 0.717) is 17.7 Å². The van der Waals surface area contributed by atoms with Crippen LogP contribution in [0.25, 0.3) is 11.4 Å². The minimum Gasteiger partial charge on any atom is -0.475 e. The van der Waals surface area contributed by atoms with Crippen molar-refractivity contribution in [2.75, 3.05) is 39.1 Å². The largest absolute Gasteiger partial charge is 0.475 e. The SMILES string of the molecule is CCOC(=O)c1nc(-c2cccc(C#C[C@]3(O)CCN(C)C3=O)c2)nc(OCCN)c1N. The molecule has 2 aromatic rings. The monoisotopic (exact) mass is 439 g/mol. The number of likely N-dealkylation sites (N-methyl/N-ethyl adjacent to an activating group) is 1. The number of anilines is 1. The molecule has 1 aliphatic rings. The van der Waals surface area contributed by atoms with Crippen LogP contribution in [0.15, 0.2) is 24.3 Å². The Bertz CT molecular complexity index is 1090. The summed E-state index contributed by atoms with van der Waals surface area (Å²) in [5, 5.41) is 10.5. The Hall–Kier alpha value is -3.68. The van der Waals surface area contributed by atoms with E-state index < -0.39 is 17.5 Å². The van der Waals surface area contributed by atoms with Crippen molar-refractivity contribution in [3.63, 3.8) is 0 Å². The molecule has 3 rings (SSSR count). The normalized spacial score (nSPS) is 17.6. The first-order valence-electron chi connectivity index (χ1n) is 10.1. The highest BCUT2D eigenvalue weighted by Crippen LogP contribution is 2.27. The summed E-state index contributed by atoms with van der Waals surface area (Å²) in [6.07, 6.45) is 0.237. The maximum Gasteiger partial charge on any atom is 0.359 e. The van der Waals surface area contributed by atoms with E-state index in [0.717, 1.165) is 0 Å². The van der Waals surface area contributed by atoms with Gasteiger partial charge in [0, 0.05) is 37.7 Å². The zero-order valence-electron chi connectivity index (χ0n) is 17.9. The van der Waals surface area contributed by atoms with Crippen LogP contribution in [0.4, 0.5) is 5.69 Å². The summed E-state index contributed by atoms with van der Waals surface area (Å²) >= 11 is 0. The van der Waals surface area contributed by atoms with E-state index >= 15 is 0 Å². The first-order valence-corrected chi connectivity index (χ1v) is 10.1. The van der Waals surface area contributed by atoms with Gasteiger partial charge >= 0.3 is 5.97 Å². The molecule has 1 aromatic heterocycles. The topological polar surface area (TPSA) is 154 Å². The van der Waals surface area contributed by atoms with E-state index in [-0.39, 0.29) is 49.3 Å². The number of aromatic nitrogens is 2. The van der Waals surface area contributed by atoms with Gasteiger partial charge in [-0.25, -0.2) is 9.78 Å². The first kappa shape index (κ1) is 23.0. The molecule has 168 valence electrons. The van der Waals surface area contributed by atoms with Crippen LogP contribution in [0.3, 0.4) is 0 Å². The van der Waals surface area contributed by atoms with E-state index in [4.69, 9.17) is 20.9 Å². The van der Waals surface area contributed by atoms with Crippen LogP contribution in [-0.4, -0.2) is 70.8 Å². The predicted molar refractivity (Wildman–Crippen MR) is 116 cm³/mol. The van der Waals surface area contributed by atoms with Crippen molar-refractivity contribution in [2.45, 2.75) is 18.9 Å². The Labute approximate surface area is 185 Å². The van der Waals surface area contributed by atoms with Crippen molar-refractivity contribution >= 4 is 17.6 Å². The van der Waals surface area contributed by atoms with Crippen molar-refractivity contribution < 1.29 is 24.2 Å². The number of nitrogens with two attached hydrogens (primary N) is 2. The molecule has 0 spiro atoms. The van der Waals surface area contributed by atoms with E-state index in [9.17, 15) is 14.7 Å². The second-order valence-corrected chi connectivity index (χ2v) is 7.14. The first-order chi connectivity index (χ1) is 15.3. The summed E-state index contributed by atoms with van der Waals surface area (Å²) in [5.41, 5.74) is 10.7. The number of nitrogen functional groups attached to an aromatic ring is 1. The summed E-state index contributed by atoms with van der Waals surface area (Å²) in [6, 6.07) is 6.84. The summed E-state index contributed by atoms with van der Waals surface area (Å²) in [7, 11) is 1.62. The Balaban J connectivity index is 1.99. The van der Waals surface area contributed by atoms with E-state index in [1.165, 1.54) is 4.90 Å². The molecule has 5 N–H and O–H groups in total. The van der Waals surface area contributed by atoms with Gasteiger partial charge in [-0.3, -0.25) is 4.79 Å². The Morgan fingerprint density at radius 2 is 2.16 bits per heavy atom. The minimum atomic E-state index is -1.71. The van der Waals surface area contributed by atoms with E-state index in [2.05, 4.69) is 21.8 Å². The molecule has 0 bridgehead atoms. The number of rotatable bonds is 6. The zero-order valence-corrected chi connectivity index (χ0v) is 17.9. The molecule has 32 heavy (non-hydrogen) atoms. The molecule has 0 unspecified atom stereocenters. The standard InChI is InChI=1S/C22H25N5O5/c1-3-31-20(28)17-16(24)19(32-12-10-23)26-18(25-17)15-6-4-5-14(13-15)7-8-22(30)9-11-27(2)21(22)29/h4-6,13,30H,3,9-12,23-24H2,1-2H3/t22-/m0/s1. The maximum absolute atomic E-state index is 12.3. The molecule has 1 atom stereocenters. The second-order valence-electron chi connectivity index (χ2n) is 7.14. The molecule has 0 saturated carbocycles. The average Bonchev–Trinajstić information content (AvgIpc) is 3.05. The maximum atomic E-state index is 12.3.